The van der Waals surface area contributed by atoms with Gasteiger partial charge < -0.3 is 9.66 Å². The van der Waals surface area contributed by atoms with Gasteiger partial charge in [0.25, 0.3) is 0 Å². The number of hydrogen-bond donors (Lipinski definition) is 0. The second-order valence-electron chi connectivity index (χ2n) is 2.36. The van der Waals surface area contributed by atoms with Gasteiger partial charge in [0.1, 0.15) is 15.9 Å². The molecule has 1 unspecified atom stereocenters. The summed E-state index contributed by atoms with van der Waals surface area (Å²) < 4.78 is 30.9. The van der Waals surface area contributed by atoms with Gasteiger partial charge in [0.2, 0.25) is 0 Å². The first kappa shape index (κ1) is 11.5. The van der Waals surface area contributed by atoms with Crippen molar-refractivity contribution in [3.05, 3.63) is 0 Å². The van der Waals surface area contributed by atoms with Gasteiger partial charge in [0.15, 0.2) is 0 Å². The largest absolute Gasteiger partial charge is 0.853 e. The topological polar surface area (TPSA) is 97.3 Å². The number of Topliss-reactive ketones (excluding diaryl/α,β-unsaturated/α-hetero) is 1. The molecule has 72 valence electrons. The smallest absolute Gasteiger partial charge is 0.148 e. The third kappa shape index (κ3) is 3.29. The first-order valence-corrected chi connectivity index (χ1v) is 4.96. The van der Waals surface area contributed by atoms with Crippen LogP contribution in [0.1, 0.15) is 19.8 Å². The molecule has 0 N–H and O–H groups in total. The highest BCUT2D eigenvalue weighted by atomic mass is 32.2. The molecule has 0 rings (SSSR count). The molecule has 0 saturated heterocycles. The molecule has 6 heteroatoms. The average Bonchev–Trinajstić information content (AvgIpc) is 1.85. The normalized spacial score (nSPS) is 14.2. The zero-order chi connectivity index (χ0) is 9.78. The van der Waals surface area contributed by atoms with E-state index in [0.717, 1.165) is 0 Å². The Balaban J connectivity index is 4.47. The number of carbonyl (C=O) groups is 1. The molecule has 0 aliphatic heterocycles. The maximum Gasteiger partial charge on any atom is 0.148 e. The van der Waals surface area contributed by atoms with E-state index in [-0.39, 0.29) is 6.42 Å². The summed E-state index contributed by atoms with van der Waals surface area (Å²) in [5.41, 5.74) is 0. The minimum atomic E-state index is -4.75. The first-order valence-electron chi connectivity index (χ1n) is 3.49. The molecule has 0 aromatic heterocycles. The molecule has 1 atom stereocenters. The highest BCUT2D eigenvalue weighted by Gasteiger charge is 2.19. The number of hydrogen-bond acceptors (Lipinski definition) is 5. The van der Waals surface area contributed by atoms with E-state index in [2.05, 4.69) is 0 Å². The van der Waals surface area contributed by atoms with Gasteiger partial charge in [-0.05, 0) is 6.42 Å². The minimum absolute atomic E-state index is 0.0334. The van der Waals surface area contributed by atoms with Gasteiger partial charge in [-0.2, -0.15) is 0 Å². The Morgan fingerprint density at radius 3 is 2.25 bits per heavy atom. The van der Waals surface area contributed by atoms with Crippen LogP contribution >= 0.6 is 0 Å². The number of carbonyl (C=O) groups excluding carboxylic acids is 1. The molecule has 0 fully saturated rings. The Morgan fingerprint density at radius 2 is 2.00 bits per heavy atom. The maximum absolute atomic E-state index is 10.8. The highest BCUT2D eigenvalue weighted by molar-refractivity contribution is 7.87. The third-order valence-corrected chi connectivity index (χ3v) is 2.45. The Kier molecular flexibility index (Phi) is 4.36. The molecule has 0 bridgehead atoms. The lowest BCUT2D eigenvalue weighted by Gasteiger charge is -2.21. The average molecular weight is 194 g/mol. The highest BCUT2D eigenvalue weighted by Crippen LogP contribution is 2.02. The molecule has 0 saturated carbocycles. The van der Waals surface area contributed by atoms with E-state index in [1.165, 1.54) is 0 Å². The lowest BCUT2D eigenvalue weighted by molar-refractivity contribution is -0.365. The van der Waals surface area contributed by atoms with E-state index in [9.17, 15) is 22.9 Å². The van der Waals surface area contributed by atoms with Gasteiger partial charge in [0.05, 0.1) is 5.25 Å². The van der Waals surface area contributed by atoms with Crippen LogP contribution in [0.4, 0.5) is 0 Å². The summed E-state index contributed by atoms with van der Waals surface area (Å²) in [7, 11) is -4.75. The van der Waals surface area contributed by atoms with E-state index in [1.54, 1.807) is 6.92 Å². The van der Waals surface area contributed by atoms with Crippen LogP contribution in [0.25, 0.3) is 0 Å². The summed E-state index contributed by atoms with van der Waals surface area (Å²) in [5, 5.41) is 8.30. The molecular weight excluding hydrogens is 184 g/mol. The third-order valence-electron chi connectivity index (χ3n) is 1.36. The molecule has 0 radical (unpaired) electrons. The summed E-state index contributed by atoms with van der Waals surface area (Å²) in [6, 6.07) is 0. The van der Waals surface area contributed by atoms with Gasteiger partial charge in [-0.15, -0.1) is 6.61 Å². The summed E-state index contributed by atoms with van der Waals surface area (Å²) in [6.45, 7) is 0.488. The van der Waals surface area contributed by atoms with Crippen molar-refractivity contribution in [3.8, 4) is 0 Å². The van der Waals surface area contributed by atoms with Crippen molar-refractivity contribution in [1.29, 1.82) is 0 Å². The van der Waals surface area contributed by atoms with Crippen LogP contribution in [0.15, 0.2) is 0 Å². The molecule has 12 heavy (non-hydrogen) atoms. The monoisotopic (exact) mass is 194 g/mol. The van der Waals surface area contributed by atoms with Crippen LogP contribution in [0.2, 0.25) is 0 Å². The fourth-order valence-electron chi connectivity index (χ4n) is 0.745. The van der Waals surface area contributed by atoms with Crippen LogP contribution in [0.3, 0.4) is 0 Å². The van der Waals surface area contributed by atoms with Crippen LogP contribution in [-0.4, -0.2) is 30.6 Å². The molecule has 0 aliphatic rings. The molecule has 0 heterocycles. The SMILES string of the molecule is CCCC(=O)C(C[O-])S(=O)(=O)[O-]. The zero-order valence-corrected chi connectivity index (χ0v) is 7.46. The van der Waals surface area contributed by atoms with Crippen LogP contribution in [0.5, 0.6) is 0 Å². The lowest BCUT2D eigenvalue weighted by atomic mass is 10.2. The van der Waals surface area contributed by atoms with E-state index in [4.69, 9.17) is 0 Å². The predicted molar refractivity (Wildman–Crippen MR) is 38.3 cm³/mol. The Hall–Kier alpha value is -0.460. The molecule has 0 spiro atoms. The quantitative estimate of drug-likeness (QED) is 0.503. The molecule has 0 aromatic rings. The van der Waals surface area contributed by atoms with E-state index >= 15 is 0 Å². The van der Waals surface area contributed by atoms with Crippen molar-refractivity contribution < 1.29 is 22.9 Å². The summed E-state index contributed by atoms with van der Waals surface area (Å²) in [4.78, 5) is 10.8. The fourth-order valence-corrected chi connectivity index (χ4v) is 1.35. The van der Waals surface area contributed by atoms with Crippen LogP contribution in [0, 0.1) is 0 Å². The fraction of sp³-hybridized carbons (Fsp3) is 0.833. The maximum atomic E-state index is 10.8. The van der Waals surface area contributed by atoms with Crippen LogP contribution in [-0.2, 0) is 14.9 Å². The van der Waals surface area contributed by atoms with Gasteiger partial charge in [-0.3, -0.25) is 4.79 Å². The Bertz CT molecular complexity index is 243. The molecule has 0 aliphatic carbocycles. The second kappa shape index (κ2) is 4.54. The van der Waals surface area contributed by atoms with E-state index in [0.29, 0.717) is 6.42 Å². The predicted octanol–water partition coefficient (Wildman–Crippen LogP) is -1.37. The molecule has 0 amide bonds. The Morgan fingerprint density at radius 1 is 1.50 bits per heavy atom. The van der Waals surface area contributed by atoms with Crippen molar-refractivity contribution in [1.82, 2.24) is 0 Å². The standard InChI is InChI=1S/C6H11O5S/c1-2-3-5(8)6(4-7)12(9,10)11/h6H,2-4H2,1H3,(H,9,10,11)/q-1/p-1. The summed E-state index contributed by atoms with van der Waals surface area (Å²) in [5.74, 6) is -0.775. The van der Waals surface area contributed by atoms with Crippen molar-refractivity contribution in [2.45, 2.75) is 25.0 Å². The van der Waals surface area contributed by atoms with Gasteiger partial charge in [-0.25, -0.2) is 8.42 Å². The zero-order valence-electron chi connectivity index (χ0n) is 6.65. The lowest BCUT2D eigenvalue weighted by Crippen LogP contribution is -2.38. The summed E-state index contributed by atoms with van der Waals surface area (Å²) >= 11 is 0. The molecular formula is C6H10O5S-2. The van der Waals surface area contributed by atoms with Crippen molar-refractivity contribution in [3.63, 3.8) is 0 Å². The van der Waals surface area contributed by atoms with Gasteiger partial charge >= 0.3 is 0 Å². The van der Waals surface area contributed by atoms with Gasteiger partial charge in [0, 0.05) is 6.42 Å². The van der Waals surface area contributed by atoms with E-state index in [1.807, 2.05) is 0 Å². The van der Waals surface area contributed by atoms with Gasteiger partial charge in [-0.1, -0.05) is 6.92 Å². The second-order valence-corrected chi connectivity index (χ2v) is 3.92. The van der Waals surface area contributed by atoms with Crippen molar-refractivity contribution >= 4 is 15.9 Å². The summed E-state index contributed by atoms with van der Waals surface area (Å²) in [6.07, 6.45) is 0.402. The van der Waals surface area contributed by atoms with Crippen molar-refractivity contribution in [2.24, 2.45) is 0 Å². The van der Waals surface area contributed by atoms with E-state index < -0.39 is 27.8 Å². The Labute approximate surface area is 71.1 Å². The number of ketones is 1. The van der Waals surface area contributed by atoms with Crippen molar-refractivity contribution in [2.75, 3.05) is 6.61 Å². The molecule has 0 aromatic carbocycles. The number of rotatable bonds is 5. The first-order chi connectivity index (χ1) is 5.43. The minimum Gasteiger partial charge on any atom is -0.853 e. The molecule has 5 nitrogen and oxygen atoms in total. The van der Waals surface area contributed by atoms with Crippen LogP contribution < -0.4 is 5.11 Å².